The van der Waals surface area contributed by atoms with Gasteiger partial charge in [-0.25, -0.2) is 14.5 Å². The Bertz CT molecular complexity index is 390. The van der Waals surface area contributed by atoms with E-state index >= 15 is 0 Å². The number of imide groups is 1. The Balaban J connectivity index is 3.20. The Morgan fingerprint density at radius 1 is 1.31 bits per heavy atom. The molecular formula is C8H9NO7. The summed E-state index contributed by atoms with van der Waals surface area (Å²) in [5.41, 5.74) is -2.00. The molecule has 1 saturated heterocycles. The molecule has 0 unspecified atom stereocenters. The fraction of sp³-hybridized carbons (Fsp3) is 0.500. The molecule has 8 heteroatoms. The number of hydrogen-bond acceptors (Lipinski definition) is 4. The highest BCUT2D eigenvalue weighted by Gasteiger charge is 2.58. The molecule has 1 aliphatic rings. The number of nitrogens with zero attached hydrogens (tertiary/aromatic N) is 1. The maximum absolute atomic E-state index is 11.5. The first kappa shape index (κ1) is 12.0. The van der Waals surface area contributed by atoms with E-state index in [1.807, 2.05) is 0 Å². The number of rotatable bonds is 2. The number of hydrogen-bond donors (Lipinski definition) is 3. The normalized spacial score (nSPS) is 29.2. The van der Waals surface area contributed by atoms with Crippen molar-refractivity contribution in [1.29, 1.82) is 0 Å². The lowest BCUT2D eigenvalue weighted by atomic mass is 9.87. The van der Waals surface area contributed by atoms with E-state index in [9.17, 15) is 19.2 Å². The third-order valence-electron chi connectivity index (χ3n) is 2.57. The van der Waals surface area contributed by atoms with E-state index in [0.29, 0.717) is 0 Å². The molecule has 1 fully saturated rings. The smallest absolute Gasteiger partial charge is 0.414 e. The van der Waals surface area contributed by atoms with Crippen LogP contribution in [0.4, 0.5) is 4.79 Å². The van der Waals surface area contributed by atoms with E-state index in [1.54, 1.807) is 0 Å². The van der Waals surface area contributed by atoms with Crippen molar-refractivity contribution in [2.24, 2.45) is 5.41 Å². The molecule has 8 nitrogen and oxygen atoms in total. The van der Waals surface area contributed by atoms with Crippen LogP contribution in [0.5, 0.6) is 0 Å². The molecule has 1 rings (SSSR count). The second-order valence-corrected chi connectivity index (χ2v) is 3.65. The number of aliphatic carboxylic acids is 2. The van der Waals surface area contributed by atoms with Gasteiger partial charge in [-0.1, -0.05) is 0 Å². The van der Waals surface area contributed by atoms with Crippen LogP contribution in [-0.2, 0) is 14.4 Å². The minimum Gasteiger partial charge on any atom is -0.480 e. The zero-order chi connectivity index (χ0) is 12.7. The molecule has 0 aromatic rings. The molecule has 1 heterocycles. The standard InChI is InChI=1S/C8H9NO7/c1-8(6(13)14)2-3(4(10)11)9(5(8)12)7(15)16/h3H,2H2,1H3,(H,10,11)(H,13,14)(H,15,16)/t3-,8+/m0/s1. The van der Waals surface area contributed by atoms with Gasteiger partial charge in [-0.05, 0) is 6.92 Å². The maximum Gasteiger partial charge on any atom is 0.414 e. The molecule has 2 amide bonds. The molecule has 0 radical (unpaired) electrons. The Kier molecular flexibility index (Phi) is 2.59. The van der Waals surface area contributed by atoms with Gasteiger partial charge in [-0.2, -0.15) is 0 Å². The third kappa shape index (κ3) is 1.47. The second-order valence-electron chi connectivity index (χ2n) is 3.65. The zero-order valence-corrected chi connectivity index (χ0v) is 8.21. The molecule has 0 bridgehead atoms. The molecule has 88 valence electrons. The number of carboxylic acid groups (broad SMARTS) is 3. The van der Waals surface area contributed by atoms with Gasteiger partial charge in [0.05, 0.1) is 0 Å². The largest absolute Gasteiger partial charge is 0.480 e. The minimum absolute atomic E-state index is 0.0520. The Morgan fingerprint density at radius 2 is 1.81 bits per heavy atom. The summed E-state index contributed by atoms with van der Waals surface area (Å²) in [6, 6.07) is -1.65. The maximum atomic E-state index is 11.5. The Hall–Kier alpha value is -2.12. The lowest BCUT2D eigenvalue weighted by molar-refractivity contribution is -0.154. The molecule has 0 saturated carbocycles. The van der Waals surface area contributed by atoms with E-state index in [4.69, 9.17) is 15.3 Å². The molecule has 1 aliphatic heterocycles. The van der Waals surface area contributed by atoms with Crippen molar-refractivity contribution in [3.63, 3.8) is 0 Å². The molecule has 0 aromatic carbocycles. The highest BCUT2D eigenvalue weighted by Crippen LogP contribution is 2.36. The number of carbonyl (C=O) groups excluding carboxylic acids is 1. The van der Waals surface area contributed by atoms with Crippen molar-refractivity contribution in [2.45, 2.75) is 19.4 Å². The van der Waals surface area contributed by atoms with Crippen molar-refractivity contribution in [3.05, 3.63) is 0 Å². The highest BCUT2D eigenvalue weighted by atomic mass is 16.4. The number of amides is 2. The number of carboxylic acids is 2. The average molecular weight is 231 g/mol. The minimum atomic E-state index is -2.00. The van der Waals surface area contributed by atoms with Crippen LogP contribution >= 0.6 is 0 Å². The predicted molar refractivity (Wildman–Crippen MR) is 46.7 cm³/mol. The molecular weight excluding hydrogens is 222 g/mol. The monoisotopic (exact) mass is 231 g/mol. The van der Waals surface area contributed by atoms with Gasteiger partial charge in [0.25, 0.3) is 0 Å². The SMILES string of the molecule is C[C@@]1(C(=O)O)C[C@@H](C(=O)O)N(C(=O)O)C1=O. The quantitative estimate of drug-likeness (QED) is 0.542. The van der Waals surface area contributed by atoms with Crippen LogP contribution in [0, 0.1) is 5.41 Å². The van der Waals surface area contributed by atoms with Gasteiger partial charge in [0.1, 0.15) is 11.5 Å². The summed E-state index contributed by atoms with van der Waals surface area (Å²) in [4.78, 5) is 43.8. The first-order valence-corrected chi connectivity index (χ1v) is 4.24. The van der Waals surface area contributed by atoms with Gasteiger partial charge in [-0.15, -0.1) is 0 Å². The summed E-state index contributed by atoms with van der Waals surface area (Å²) >= 11 is 0. The van der Waals surface area contributed by atoms with E-state index in [-0.39, 0.29) is 4.90 Å². The summed E-state index contributed by atoms with van der Waals surface area (Å²) in [5.74, 6) is -4.30. The van der Waals surface area contributed by atoms with Gasteiger partial charge in [0, 0.05) is 6.42 Å². The van der Waals surface area contributed by atoms with Crippen LogP contribution in [0.3, 0.4) is 0 Å². The zero-order valence-electron chi connectivity index (χ0n) is 8.21. The highest BCUT2D eigenvalue weighted by molar-refractivity contribution is 6.11. The predicted octanol–water partition coefficient (Wildman–Crippen LogP) is -0.559. The average Bonchev–Trinajstić information content (AvgIpc) is 2.41. The Morgan fingerprint density at radius 3 is 2.06 bits per heavy atom. The first-order valence-electron chi connectivity index (χ1n) is 4.24. The molecule has 16 heavy (non-hydrogen) atoms. The lowest BCUT2D eigenvalue weighted by Gasteiger charge is -2.16. The van der Waals surface area contributed by atoms with Crippen LogP contribution in [0.2, 0.25) is 0 Å². The van der Waals surface area contributed by atoms with Crippen molar-refractivity contribution in [1.82, 2.24) is 4.90 Å². The summed E-state index contributed by atoms with van der Waals surface area (Å²) in [6.07, 6.45) is -2.33. The molecule has 0 aliphatic carbocycles. The molecule has 0 aromatic heterocycles. The van der Waals surface area contributed by atoms with Crippen LogP contribution in [0.15, 0.2) is 0 Å². The van der Waals surface area contributed by atoms with Crippen LogP contribution in [0.25, 0.3) is 0 Å². The molecule has 3 N–H and O–H groups in total. The van der Waals surface area contributed by atoms with E-state index in [1.165, 1.54) is 0 Å². The third-order valence-corrected chi connectivity index (χ3v) is 2.57. The van der Waals surface area contributed by atoms with E-state index in [0.717, 1.165) is 6.92 Å². The fourth-order valence-electron chi connectivity index (χ4n) is 1.57. The van der Waals surface area contributed by atoms with Crippen molar-refractivity contribution in [3.8, 4) is 0 Å². The van der Waals surface area contributed by atoms with E-state index < -0.39 is 41.8 Å². The van der Waals surface area contributed by atoms with Crippen LogP contribution < -0.4 is 0 Å². The van der Waals surface area contributed by atoms with Crippen molar-refractivity contribution in [2.75, 3.05) is 0 Å². The fourth-order valence-corrected chi connectivity index (χ4v) is 1.57. The van der Waals surface area contributed by atoms with Crippen LogP contribution in [0.1, 0.15) is 13.3 Å². The van der Waals surface area contributed by atoms with E-state index in [2.05, 4.69) is 0 Å². The molecule has 2 atom stereocenters. The molecule has 0 spiro atoms. The second kappa shape index (κ2) is 3.47. The van der Waals surface area contributed by atoms with Gasteiger partial charge in [0.15, 0.2) is 0 Å². The Labute approximate surface area is 89.1 Å². The van der Waals surface area contributed by atoms with Crippen molar-refractivity contribution < 1.29 is 34.5 Å². The van der Waals surface area contributed by atoms with Crippen molar-refractivity contribution >= 4 is 23.9 Å². The summed E-state index contributed by atoms with van der Waals surface area (Å²) < 4.78 is 0. The topological polar surface area (TPSA) is 132 Å². The summed E-state index contributed by atoms with van der Waals surface area (Å²) in [6.45, 7) is 1.01. The first-order chi connectivity index (χ1) is 7.21. The van der Waals surface area contributed by atoms with Gasteiger partial charge in [0.2, 0.25) is 5.91 Å². The summed E-state index contributed by atoms with van der Waals surface area (Å²) in [7, 11) is 0. The number of carbonyl (C=O) groups is 4. The van der Waals surface area contributed by atoms with Gasteiger partial charge >= 0.3 is 18.0 Å². The van der Waals surface area contributed by atoms with Crippen LogP contribution in [-0.4, -0.2) is 50.2 Å². The van der Waals surface area contributed by atoms with Gasteiger partial charge < -0.3 is 15.3 Å². The summed E-state index contributed by atoms with van der Waals surface area (Å²) in [5, 5.41) is 26.2. The lowest BCUT2D eigenvalue weighted by Crippen LogP contribution is -2.44. The van der Waals surface area contributed by atoms with Gasteiger partial charge in [-0.3, -0.25) is 9.59 Å². The number of likely N-dealkylation sites (tertiary alicyclic amines) is 1.